The molecule has 7 heteroatoms. The number of nitrogens with one attached hydrogen (secondary N) is 2. The number of fused-ring (bicyclic) bond motifs is 5. The zero-order valence-electron chi connectivity index (χ0n) is 20.1. The van der Waals surface area contributed by atoms with Crippen LogP contribution in [-0.2, 0) is 22.4 Å². The fourth-order valence-corrected chi connectivity index (χ4v) is 6.55. The van der Waals surface area contributed by atoms with Crippen LogP contribution in [0, 0.1) is 0 Å². The summed E-state index contributed by atoms with van der Waals surface area (Å²) in [5.74, 6) is 0.00757. The second-order valence-electron chi connectivity index (χ2n) is 9.91. The van der Waals surface area contributed by atoms with Crippen molar-refractivity contribution in [1.82, 2.24) is 19.8 Å². The highest BCUT2D eigenvalue weighted by atomic mass is 79.9. The van der Waals surface area contributed by atoms with Crippen LogP contribution in [0.3, 0.4) is 0 Å². The molecule has 5 aromatic rings. The van der Waals surface area contributed by atoms with Gasteiger partial charge < -0.3 is 19.8 Å². The fraction of sp³-hybridized carbons (Fsp3) is 0.200. The minimum atomic E-state index is -0.528. The first-order valence-electron chi connectivity index (χ1n) is 12.6. The number of hydrogen-bond acceptors (Lipinski definition) is 2. The summed E-state index contributed by atoms with van der Waals surface area (Å²) in [7, 11) is 0. The quantitative estimate of drug-likeness (QED) is 0.316. The van der Waals surface area contributed by atoms with Crippen LogP contribution in [0.25, 0.3) is 21.8 Å². The number of rotatable bonds is 4. The van der Waals surface area contributed by atoms with E-state index in [1.807, 2.05) is 59.6 Å². The topological polar surface area (TPSA) is 72.2 Å². The molecule has 2 N–H and O–H groups in total. The van der Waals surface area contributed by atoms with Gasteiger partial charge in [0, 0.05) is 51.1 Å². The molecule has 2 aromatic heterocycles. The van der Waals surface area contributed by atoms with E-state index >= 15 is 0 Å². The van der Waals surface area contributed by atoms with Gasteiger partial charge in [0.2, 0.25) is 11.8 Å². The molecule has 184 valence electrons. The van der Waals surface area contributed by atoms with Crippen molar-refractivity contribution in [2.45, 2.75) is 24.9 Å². The molecule has 2 atom stereocenters. The molecule has 6 nitrogen and oxygen atoms in total. The van der Waals surface area contributed by atoms with Gasteiger partial charge in [-0.25, -0.2) is 0 Å². The summed E-state index contributed by atoms with van der Waals surface area (Å²) in [5.41, 5.74) is 6.39. The van der Waals surface area contributed by atoms with Crippen LogP contribution < -0.4 is 0 Å². The first kappa shape index (κ1) is 22.4. The number of para-hydroxylation sites is 2. The third-order valence-electron chi connectivity index (χ3n) is 7.83. The zero-order valence-corrected chi connectivity index (χ0v) is 21.7. The molecule has 4 heterocycles. The van der Waals surface area contributed by atoms with Crippen LogP contribution in [-0.4, -0.2) is 50.7 Å². The van der Waals surface area contributed by atoms with Crippen LogP contribution in [0.1, 0.15) is 28.4 Å². The van der Waals surface area contributed by atoms with Gasteiger partial charge >= 0.3 is 0 Å². The van der Waals surface area contributed by atoms with Crippen LogP contribution in [0.15, 0.2) is 83.5 Å². The van der Waals surface area contributed by atoms with E-state index in [1.165, 1.54) is 0 Å². The highest BCUT2D eigenvalue weighted by molar-refractivity contribution is 9.10. The van der Waals surface area contributed by atoms with Gasteiger partial charge in [-0.3, -0.25) is 9.59 Å². The van der Waals surface area contributed by atoms with Gasteiger partial charge in [-0.2, -0.15) is 0 Å². The Kier molecular flexibility index (Phi) is 5.22. The lowest BCUT2D eigenvalue weighted by Crippen LogP contribution is -2.63. The molecule has 1 saturated heterocycles. The number of amides is 2. The number of piperazine rings is 1. The lowest BCUT2D eigenvalue weighted by molar-refractivity contribution is -0.158. The average Bonchev–Trinajstić information content (AvgIpc) is 3.50. The molecule has 1 unspecified atom stereocenters. The third-order valence-corrected chi connectivity index (χ3v) is 8.33. The first-order valence-corrected chi connectivity index (χ1v) is 13.4. The lowest BCUT2D eigenvalue weighted by atomic mass is 9.86. The number of aromatic amines is 2. The van der Waals surface area contributed by atoms with Gasteiger partial charge in [0.25, 0.3) is 0 Å². The Labute approximate surface area is 222 Å². The van der Waals surface area contributed by atoms with Crippen LogP contribution in [0.2, 0.25) is 0 Å². The summed E-state index contributed by atoms with van der Waals surface area (Å²) in [6, 6.07) is 23.5. The van der Waals surface area contributed by atoms with Gasteiger partial charge in [0.15, 0.2) is 0 Å². The fourth-order valence-electron chi connectivity index (χ4n) is 6.13. The second-order valence-corrected chi connectivity index (χ2v) is 10.8. The van der Waals surface area contributed by atoms with E-state index in [2.05, 4.69) is 50.2 Å². The van der Waals surface area contributed by atoms with E-state index in [4.69, 9.17) is 0 Å². The third kappa shape index (κ3) is 3.60. The molecule has 0 radical (unpaired) electrons. The molecule has 0 bridgehead atoms. The molecule has 2 aliphatic heterocycles. The molecule has 37 heavy (non-hydrogen) atoms. The molecule has 2 amide bonds. The normalized spacial score (nSPS) is 19.5. The molecular formula is C30H25BrN4O2. The first-order chi connectivity index (χ1) is 18.1. The SMILES string of the molecule is O=C1[C@@H]2Cc3c([nH]c4ccccc34)C(c3cccc(Br)c3)N2C(=O)CN1CCc1c[nH]c2ccccc12. The average molecular weight is 553 g/mol. The van der Waals surface area contributed by atoms with E-state index in [1.54, 1.807) is 4.90 Å². The number of H-pyrrole nitrogens is 2. The maximum absolute atomic E-state index is 13.9. The van der Waals surface area contributed by atoms with Crippen LogP contribution in [0.5, 0.6) is 0 Å². The van der Waals surface area contributed by atoms with E-state index < -0.39 is 6.04 Å². The summed E-state index contributed by atoms with van der Waals surface area (Å²) in [5, 5.41) is 2.28. The van der Waals surface area contributed by atoms with Crippen molar-refractivity contribution < 1.29 is 9.59 Å². The second kappa shape index (κ2) is 8.63. The maximum atomic E-state index is 13.9. The van der Waals surface area contributed by atoms with Crippen molar-refractivity contribution in [2.24, 2.45) is 0 Å². The van der Waals surface area contributed by atoms with E-state index in [9.17, 15) is 9.59 Å². The van der Waals surface area contributed by atoms with Gasteiger partial charge in [-0.1, -0.05) is 64.5 Å². The smallest absolute Gasteiger partial charge is 0.246 e. The number of carbonyl (C=O) groups excluding carboxylic acids is 2. The predicted octanol–water partition coefficient (Wildman–Crippen LogP) is 5.34. The molecule has 0 spiro atoms. The van der Waals surface area contributed by atoms with E-state index in [-0.39, 0.29) is 24.4 Å². The lowest BCUT2D eigenvalue weighted by Gasteiger charge is -2.47. The number of hydrogen-bond donors (Lipinski definition) is 2. The zero-order chi connectivity index (χ0) is 25.1. The van der Waals surface area contributed by atoms with Gasteiger partial charge in [0.05, 0.1) is 12.6 Å². The van der Waals surface area contributed by atoms with Crippen molar-refractivity contribution in [3.8, 4) is 0 Å². The Morgan fingerprint density at radius 2 is 1.70 bits per heavy atom. The largest absolute Gasteiger partial charge is 0.361 e. The Bertz CT molecular complexity index is 1690. The summed E-state index contributed by atoms with van der Waals surface area (Å²) < 4.78 is 0.945. The minimum Gasteiger partial charge on any atom is -0.361 e. The van der Waals surface area contributed by atoms with Crippen molar-refractivity contribution >= 4 is 49.6 Å². The molecule has 7 rings (SSSR count). The highest BCUT2D eigenvalue weighted by Gasteiger charge is 2.48. The minimum absolute atomic E-state index is 0.0159. The molecule has 3 aromatic carbocycles. The number of carbonyl (C=O) groups is 2. The monoisotopic (exact) mass is 552 g/mol. The Morgan fingerprint density at radius 1 is 0.919 bits per heavy atom. The van der Waals surface area contributed by atoms with Crippen LogP contribution >= 0.6 is 15.9 Å². The summed E-state index contributed by atoms with van der Waals surface area (Å²) in [6.07, 6.45) is 3.22. The number of benzene rings is 3. The van der Waals surface area contributed by atoms with Gasteiger partial charge in [-0.15, -0.1) is 0 Å². The Hall–Kier alpha value is -3.84. The Morgan fingerprint density at radius 3 is 2.54 bits per heavy atom. The Balaban J connectivity index is 1.26. The van der Waals surface area contributed by atoms with Crippen molar-refractivity contribution in [3.63, 3.8) is 0 Å². The van der Waals surface area contributed by atoms with Crippen molar-refractivity contribution in [2.75, 3.05) is 13.1 Å². The molecule has 1 fully saturated rings. The predicted molar refractivity (Wildman–Crippen MR) is 147 cm³/mol. The number of halogens is 1. The van der Waals surface area contributed by atoms with E-state index in [0.717, 1.165) is 48.7 Å². The number of aromatic nitrogens is 2. The van der Waals surface area contributed by atoms with Gasteiger partial charge in [0.1, 0.15) is 6.04 Å². The summed E-state index contributed by atoms with van der Waals surface area (Å²) in [4.78, 5) is 38.2. The molecular weight excluding hydrogens is 528 g/mol. The summed E-state index contributed by atoms with van der Waals surface area (Å²) >= 11 is 3.59. The van der Waals surface area contributed by atoms with E-state index in [0.29, 0.717) is 19.4 Å². The molecule has 0 aliphatic carbocycles. The van der Waals surface area contributed by atoms with Crippen molar-refractivity contribution in [1.29, 1.82) is 0 Å². The standard InChI is InChI=1S/C30H25BrN4O2/c31-20-7-5-6-18(14-20)29-28-23(22-9-2-4-11-25(22)33-28)15-26-30(37)34(17-27(36)35(26)29)13-12-19-16-32-24-10-3-1-8-21(19)24/h1-11,14,16,26,29,32-33H,12-13,15,17H2/t26-,29?/m0/s1. The molecule has 2 aliphatic rings. The van der Waals surface area contributed by atoms with Gasteiger partial charge in [-0.05, 0) is 47.4 Å². The van der Waals surface area contributed by atoms with Crippen molar-refractivity contribution in [3.05, 3.63) is 106 Å². The van der Waals surface area contributed by atoms with Crippen LogP contribution in [0.4, 0.5) is 0 Å². The maximum Gasteiger partial charge on any atom is 0.246 e. The molecule has 0 saturated carbocycles. The number of nitrogens with zero attached hydrogens (tertiary/aromatic N) is 2. The highest BCUT2D eigenvalue weighted by Crippen LogP contribution is 2.43. The summed E-state index contributed by atoms with van der Waals surface area (Å²) in [6.45, 7) is 0.608.